The van der Waals surface area contributed by atoms with Crippen molar-refractivity contribution in [2.75, 3.05) is 51.3 Å². The van der Waals surface area contributed by atoms with Gasteiger partial charge in [0.15, 0.2) is 0 Å². The van der Waals surface area contributed by atoms with Gasteiger partial charge in [0, 0.05) is 63.9 Å². The van der Waals surface area contributed by atoms with Crippen LogP contribution in [-0.4, -0.2) is 74.3 Å². The molecule has 1 saturated heterocycles. The van der Waals surface area contributed by atoms with Gasteiger partial charge in [0.1, 0.15) is 6.61 Å². The molecule has 0 amide bonds. The van der Waals surface area contributed by atoms with E-state index in [2.05, 4.69) is 39.8 Å². The zero-order valence-corrected chi connectivity index (χ0v) is 16.8. The summed E-state index contributed by atoms with van der Waals surface area (Å²) >= 11 is 0. The molecule has 0 bridgehead atoms. The van der Waals surface area contributed by atoms with Crippen molar-refractivity contribution in [2.45, 2.75) is 44.5 Å². The number of β-amino-alcohol motifs (C(OH)–C–C–N with tert-alkyl or cyclic N) is 1. The molecule has 1 aromatic rings. The molecular formula is C22H32N2O3. The van der Waals surface area contributed by atoms with Crippen molar-refractivity contribution in [2.24, 2.45) is 0 Å². The van der Waals surface area contributed by atoms with E-state index in [0.717, 1.165) is 51.1 Å². The van der Waals surface area contributed by atoms with E-state index in [-0.39, 0.29) is 12.2 Å². The van der Waals surface area contributed by atoms with Crippen molar-refractivity contribution < 1.29 is 14.6 Å². The van der Waals surface area contributed by atoms with Crippen LogP contribution in [0.3, 0.4) is 0 Å². The fourth-order valence-electron chi connectivity index (χ4n) is 3.79. The summed E-state index contributed by atoms with van der Waals surface area (Å²) in [7, 11) is 1.72. The minimum absolute atomic E-state index is 0.209. The number of hydrogen-bond acceptors (Lipinski definition) is 5. The van der Waals surface area contributed by atoms with Crippen LogP contribution in [-0.2, 0) is 9.47 Å². The summed E-state index contributed by atoms with van der Waals surface area (Å²) < 4.78 is 10.8. The third kappa shape index (κ3) is 5.70. The van der Waals surface area contributed by atoms with Crippen molar-refractivity contribution in [3.63, 3.8) is 0 Å². The Morgan fingerprint density at radius 2 is 1.96 bits per heavy atom. The van der Waals surface area contributed by atoms with Gasteiger partial charge in [-0.2, -0.15) is 0 Å². The van der Waals surface area contributed by atoms with Gasteiger partial charge < -0.3 is 19.5 Å². The average Bonchev–Trinajstić information content (AvgIpc) is 2.64. The SMILES string of the molecule is COC1CC(O)(CN2CCN(c3cccc(C#CCOC(C)C)c3)CC2)C1. The molecule has 148 valence electrons. The molecule has 1 aromatic carbocycles. The van der Waals surface area contributed by atoms with E-state index in [0.29, 0.717) is 6.61 Å². The average molecular weight is 373 g/mol. The number of benzene rings is 1. The summed E-state index contributed by atoms with van der Waals surface area (Å²) in [6.45, 7) is 9.13. The van der Waals surface area contributed by atoms with Crippen molar-refractivity contribution in [3.05, 3.63) is 29.8 Å². The van der Waals surface area contributed by atoms with E-state index >= 15 is 0 Å². The second-order valence-electron chi connectivity index (χ2n) is 7.97. The molecule has 0 atom stereocenters. The maximum Gasteiger partial charge on any atom is 0.108 e. The van der Waals surface area contributed by atoms with Crippen LogP contribution in [0.1, 0.15) is 32.3 Å². The fourth-order valence-corrected chi connectivity index (χ4v) is 3.79. The molecule has 2 aliphatic rings. The van der Waals surface area contributed by atoms with Gasteiger partial charge in [-0.15, -0.1) is 0 Å². The van der Waals surface area contributed by atoms with Gasteiger partial charge in [-0.1, -0.05) is 17.9 Å². The predicted molar refractivity (Wildman–Crippen MR) is 108 cm³/mol. The topological polar surface area (TPSA) is 45.2 Å². The van der Waals surface area contributed by atoms with Crippen LogP contribution >= 0.6 is 0 Å². The number of hydrogen-bond donors (Lipinski definition) is 1. The quantitative estimate of drug-likeness (QED) is 0.775. The van der Waals surface area contributed by atoms with E-state index in [1.807, 2.05) is 19.9 Å². The Bertz CT molecular complexity index is 666. The third-order valence-corrected chi connectivity index (χ3v) is 5.37. The first kappa shape index (κ1) is 20.2. The molecule has 0 spiro atoms. The van der Waals surface area contributed by atoms with Crippen molar-refractivity contribution in [3.8, 4) is 11.8 Å². The molecule has 27 heavy (non-hydrogen) atoms. The molecule has 3 rings (SSSR count). The van der Waals surface area contributed by atoms with Gasteiger partial charge >= 0.3 is 0 Å². The first-order valence-corrected chi connectivity index (χ1v) is 9.90. The number of ether oxygens (including phenoxy) is 2. The minimum atomic E-state index is -0.559. The lowest BCUT2D eigenvalue weighted by Gasteiger charge is -2.47. The van der Waals surface area contributed by atoms with Gasteiger partial charge in [-0.3, -0.25) is 4.90 Å². The zero-order chi connectivity index (χ0) is 19.3. The lowest BCUT2D eigenvalue weighted by atomic mass is 9.77. The summed E-state index contributed by atoms with van der Waals surface area (Å²) in [4.78, 5) is 4.77. The van der Waals surface area contributed by atoms with Crippen LogP contribution < -0.4 is 4.90 Å². The predicted octanol–water partition coefficient (Wildman–Crippen LogP) is 2.12. The van der Waals surface area contributed by atoms with Crippen LogP contribution in [0.2, 0.25) is 0 Å². The second kappa shape index (κ2) is 9.07. The highest BCUT2D eigenvalue weighted by atomic mass is 16.5. The Balaban J connectivity index is 1.49. The van der Waals surface area contributed by atoms with Gasteiger partial charge in [0.2, 0.25) is 0 Å². The number of nitrogens with zero attached hydrogens (tertiary/aromatic N) is 2. The lowest BCUT2D eigenvalue weighted by Crippen LogP contribution is -2.58. The molecule has 1 heterocycles. The highest BCUT2D eigenvalue weighted by molar-refractivity contribution is 5.53. The summed E-state index contributed by atoms with van der Waals surface area (Å²) in [5.74, 6) is 6.27. The summed E-state index contributed by atoms with van der Waals surface area (Å²) in [6.07, 6.45) is 1.95. The Morgan fingerprint density at radius 1 is 1.22 bits per heavy atom. The van der Waals surface area contributed by atoms with E-state index in [4.69, 9.17) is 9.47 Å². The Labute approximate surface area is 163 Å². The summed E-state index contributed by atoms with van der Waals surface area (Å²) in [5.41, 5.74) is 1.68. The monoisotopic (exact) mass is 372 g/mol. The van der Waals surface area contributed by atoms with Crippen molar-refractivity contribution in [1.29, 1.82) is 0 Å². The zero-order valence-electron chi connectivity index (χ0n) is 16.8. The Morgan fingerprint density at radius 3 is 2.63 bits per heavy atom. The van der Waals surface area contributed by atoms with Crippen LogP contribution in [0.4, 0.5) is 5.69 Å². The molecule has 1 saturated carbocycles. The molecule has 5 heteroatoms. The van der Waals surface area contributed by atoms with E-state index in [1.165, 1.54) is 5.69 Å². The van der Waals surface area contributed by atoms with Crippen molar-refractivity contribution >= 4 is 5.69 Å². The molecular weight excluding hydrogens is 340 g/mol. The summed E-state index contributed by atoms with van der Waals surface area (Å²) in [6, 6.07) is 8.41. The standard InChI is InChI=1S/C22H32N2O3/c1-18(2)27-13-5-7-19-6-4-8-20(14-19)24-11-9-23(10-12-24)17-22(25)15-21(16-22)26-3/h4,6,8,14,18,21,25H,9-13,15-17H2,1-3H3. The molecule has 0 unspecified atom stereocenters. The first-order chi connectivity index (χ1) is 13.0. The van der Waals surface area contributed by atoms with E-state index in [9.17, 15) is 5.11 Å². The van der Waals surface area contributed by atoms with Crippen LogP contribution in [0.5, 0.6) is 0 Å². The highest BCUT2D eigenvalue weighted by Gasteiger charge is 2.44. The molecule has 0 radical (unpaired) electrons. The van der Waals surface area contributed by atoms with Crippen LogP contribution in [0, 0.1) is 11.8 Å². The van der Waals surface area contributed by atoms with Gasteiger partial charge in [-0.25, -0.2) is 0 Å². The van der Waals surface area contributed by atoms with Crippen LogP contribution in [0.25, 0.3) is 0 Å². The van der Waals surface area contributed by atoms with Gasteiger partial charge in [0.25, 0.3) is 0 Å². The lowest BCUT2D eigenvalue weighted by molar-refractivity contribution is -0.139. The third-order valence-electron chi connectivity index (χ3n) is 5.37. The molecule has 5 nitrogen and oxygen atoms in total. The smallest absolute Gasteiger partial charge is 0.108 e. The van der Waals surface area contributed by atoms with Gasteiger partial charge in [-0.05, 0) is 32.0 Å². The van der Waals surface area contributed by atoms with Gasteiger partial charge in [0.05, 0.1) is 17.8 Å². The van der Waals surface area contributed by atoms with Crippen molar-refractivity contribution in [1.82, 2.24) is 4.90 Å². The molecule has 0 aromatic heterocycles. The Kier molecular flexibility index (Phi) is 6.78. The highest BCUT2D eigenvalue weighted by Crippen LogP contribution is 2.35. The number of methoxy groups -OCH3 is 1. The van der Waals surface area contributed by atoms with E-state index < -0.39 is 5.60 Å². The summed E-state index contributed by atoms with van der Waals surface area (Å²) in [5, 5.41) is 10.6. The second-order valence-corrected chi connectivity index (χ2v) is 7.97. The maximum atomic E-state index is 10.6. The molecule has 1 aliphatic carbocycles. The molecule has 1 aliphatic heterocycles. The number of piperazine rings is 1. The Hall–Kier alpha value is -1.58. The largest absolute Gasteiger partial charge is 0.388 e. The first-order valence-electron chi connectivity index (χ1n) is 9.90. The number of anilines is 1. The molecule has 2 fully saturated rings. The maximum absolute atomic E-state index is 10.6. The van der Waals surface area contributed by atoms with Crippen LogP contribution in [0.15, 0.2) is 24.3 Å². The fraction of sp³-hybridized carbons (Fsp3) is 0.636. The molecule has 1 N–H and O–H groups in total. The normalized spacial score (nSPS) is 25.8. The number of rotatable bonds is 6. The number of aliphatic hydroxyl groups is 1. The minimum Gasteiger partial charge on any atom is -0.388 e. The van der Waals surface area contributed by atoms with E-state index in [1.54, 1.807) is 7.11 Å².